The van der Waals surface area contributed by atoms with E-state index in [4.69, 9.17) is 10.00 Å². The predicted octanol–water partition coefficient (Wildman–Crippen LogP) is 4.75. The molecule has 33 heavy (non-hydrogen) atoms. The van der Waals surface area contributed by atoms with Crippen LogP contribution in [0.5, 0.6) is 5.88 Å². The van der Waals surface area contributed by atoms with Gasteiger partial charge < -0.3 is 9.64 Å². The van der Waals surface area contributed by atoms with E-state index in [0.717, 1.165) is 11.1 Å². The van der Waals surface area contributed by atoms with E-state index >= 15 is 0 Å². The standard InChI is InChI=1S/C24H21F3N4O2/c1-14-3-6-18(9-20(14)21-15(2)22(30-29-21)33-13-24(25,26)27)23(32)31-11-19(12-31)17-7-4-16(10-28)5-8-17/h3-9,19H,11-13H2,1-2H3,(H,29,30). The Hall–Kier alpha value is -3.80. The number of aromatic amines is 1. The number of carbonyl (C=O) groups is 1. The number of benzene rings is 2. The molecule has 4 rings (SSSR count). The summed E-state index contributed by atoms with van der Waals surface area (Å²) in [6.45, 7) is 3.20. The minimum absolute atomic E-state index is 0.119. The maximum absolute atomic E-state index is 13.0. The number of likely N-dealkylation sites (tertiary alicyclic amines) is 1. The predicted molar refractivity (Wildman–Crippen MR) is 115 cm³/mol. The Morgan fingerprint density at radius 3 is 2.55 bits per heavy atom. The third-order valence-electron chi connectivity index (χ3n) is 5.77. The molecule has 1 amide bonds. The van der Waals surface area contributed by atoms with Gasteiger partial charge in [0.25, 0.3) is 5.91 Å². The Bertz CT molecular complexity index is 1220. The average molecular weight is 454 g/mol. The van der Waals surface area contributed by atoms with E-state index in [1.54, 1.807) is 42.2 Å². The molecule has 9 heteroatoms. The van der Waals surface area contributed by atoms with Gasteiger partial charge in [-0.1, -0.05) is 18.2 Å². The molecule has 0 spiro atoms. The number of hydrogen-bond donors (Lipinski definition) is 1. The number of amides is 1. The molecule has 1 fully saturated rings. The van der Waals surface area contributed by atoms with Gasteiger partial charge in [0.1, 0.15) is 0 Å². The zero-order chi connectivity index (χ0) is 23.8. The fourth-order valence-corrected chi connectivity index (χ4v) is 3.83. The normalized spacial score (nSPS) is 14.0. The van der Waals surface area contributed by atoms with Crippen molar-refractivity contribution < 1.29 is 22.7 Å². The fraction of sp³-hybridized carbons (Fsp3) is 0.292. The smallest absolute Gasteiger partial charge is 0.422 e. The van der Waals surface area contributed by atoms with Crippen LogP contribution in [0, 0.1) is 25.2 Å². The van der Waals surface area contributed by atoms with Crippen LogP contribution in [0.15, 0.2) is 42.5 Å². The number of ether oxygens (including phenoxy) is 1. The highest BCUT2D eigenvalue weighted by Crippen LogP contribution is 2.33. The second-order valence-corrected chi connectivity index (χ2v) is 8.10. The average Bonchev–Trinajstić information content (AvgIpc) is 3.11. The Labute approximate surface area is 188 Å². The SMILES string of the molecule is Cc1ccc(C(=O)N2CC(c3ccc(C#N)cc3)C2)cc1-c1[nH]nc(OCC(F)(F)F)c1C. The molecular weight excluding hydrogens is 433 g/mol. The number of hydrogen-bond acceptors (Lipinski definition) is 4. The molecule has 0 atom stereocenters. The largest absolute Gasteiger partial charge is 0.467 e. The van der Waals surface area contributed by atoms with Crippen molar-refractivity contribution >= 4 is 5.91 Å². The summed E-state index contributed by atoms with van der Waals surface area (Å²) in [5.41, 5.74) is 4.65. The second-order valence-electron chi connectivity index (χ2n) is 8.10. The summed E-state index contributed by atoms with van der Waals surface area (Å²) in [7, 11) is 0. The van der Waals surface area contributed by atoms with Crippen LogP contribution in [0.4, 0.5) is 13.2 Å². The van der Waals surface area contributed by atoms with Crippen molar-refractivity contribution in [2.45, 2.75) is 25.9 Å². The van der Waals surface area contributed by atoms with Crippen LogP contribution in [0.3, 0.4) is 0 Å². The Morgan fingerprint density at radius 1 is 1.21 bits per heavy atom. The van der Waals surface area contributed by atoms with Gasteiger partial charge in [-0.05, 0) is 49.2 Å². The lowest BCUT2D eigenvalue weighted by Crippen LogP contribution is -2.48. The minimum atomic E-state index is -4.46. The molecule has 1 aliphatic rings. The van der Waals surface area contributed by atoms with Crippen molar-refractivity contribution in [3.05, 3.63) is 70.3 Å². The van der Waals surface area contributed by atoms with Crippen LogP contribution in [0.2, 0.25) is 0 Å². The fourth-order valence-electron chi connectivity index (χ4n) is 3.83. The lowest BCUT2D eigenvalue weighted by Gasteiger charge is -2.39. The molecule has 1 aromatic heterocycles. The van der Waals surface area contributed by atoms with Gasteiger partial charge in [0.2, 0.25) is 5.88 Å². The first-order valence-electron chi connectivity index (χ1n) is 10.3. The van der Waals surface area contributed by atoms with Gasteiger partial charge in [0.15, 0.2) is 6.61 Å². The van der Waals surface area contributed by atoms with E-state index in [0.29, 0.717) is 41.0 Å². The zero-order valence-electron chi connectivity index (χ0n) is 18.0. The highest BCUT2D eigenvalue weighted by Gasteiger charge is 2.33. The van der Waals surface area contributed by atoms with Crippen molar-refractivity contribution in [2.24, 2.45) is 0 Å². The Kier molecular flexibility index (Phi) is 5.85. The maximum atomic E-state index is 13.0. The number of alkyl halides is 3. The molecule has 6 nitrogen and oxygen atoms in total. The molecule has 2 aromatic carbocycles. The molecule has 0 bridgehead atoms. The molecule has 1 saturated heterocycles. The third-order valence-corrected chi connectivity index (χ3v) is 5.77. The van der Waals surface area contributed by atoms with E-state index in [-0.39, 0.29) is 17.7 Å². The molecule has 170 valence electrons. The van der Waals surface area contributed by atoms with Gasteiger partial charge in [-0.15, -0.1) is 5.10 Å². The number of nitrogens with zero attached hydrogens (tertiary/aromatic N) is 3. The summed E-state index contributed by atoms with van der Waals surface area (Å²) in [6, 6.07) is 14.7. The second kappa shape index (κ2) is 8.62. The number of rotatable bonds is 5. The monoisotopic (exact) mass is 454 g/mol. The van der Waals surface area contributed by atoms with E-state index < -0.39 is 12.8 Å². The number of nitrogens with one attached hydrogen (secondary N) is 1. The number of carbonyl (C=O) groups excluding carboxylic acids is 1. The van der Waals surface area contributed by atoms with Crippen LogP contribution in [0.25, 0.3) is 11.3 Å². The summed E-state index contributed by atoms with van der Waals surface area (Å²) in [4.78, 5) is 14.8. The van der Waals surface area contributed by atoms with Crippen molar-refractivity contribution in [3.63, 3.8) is 0 Å². The van der Waals surface area contributed by atoms with Gasteiger partial charge in [-0.2, -0.15) is 18.4 Å². The van der Waals surface area contributed by atoms with Crippen LogP contribution in [0.1, 0.15) is 38.5 Å². The highest BCUT2D eigenvalue weighted by molar-refractivity contribution is 5.96. The van der Waals surface area contributed by atoms with Crippen LogP contribution >= 0.6 is 0 Å². The third kappa shape index (κ3) is 4.70. The molecule has 0 unspecified atom stereocenters. The molecule has 0 aliphatic carbocycles. The van der Waals surface area contributed by atoms with Crippen molar-refractivity contribution in [1.82, 2.24) is 15.1 Å². The first-order valence-corrected chi connectivity index (χ1v) is 10.3. The Morgan fingerprint density at radius 2 is 1.91 bits per heavy atom. The van der Waals surface area contributed by atoms with Crippen molar-refractivity contribution in [1.29, 1.82) is 5.26 Å². The first kappa shape index (κ1) is 22.4. The van der Waals surface area contributed by atoms with E-state index in [1.807, 2.05) is 19.1 Å². The molecular formula is C24H21F3N4O2. The molecule has 0 radical (unpaired) electrons. The van der Waals surface area contributed by atoms with Gasteiger partial charge in [-0.25, -0.2) is 0 Å². The number of halogens is 3. The minimum Gasteiger partial charge on any atom is -0.467 e. The lowest BCUT2D eigenvalue weighted by atomic mass is 9.90. The van der Waals surface area contributed by atoms with Gasteiger partial charge >= 0.3 is 6.18 Å². The van der Waals surface area contributed by atoms with Gasteiger partial charge in [-0.3, -0.25) is 9.89 Å². The topological polar surface area (TPSA) is 82.0 Å². The summed E-state index contributed by atoms with van der Waals surface area (Å²) in [5, 5.41) is 15.5. The quantitative estimate of drug-likeness (QED) is 0.604. The van der Waals surface area contributed by atoms with E-state index in [2.05, 4.69) is 16.3 Å². The maximum Gasteiger partial charge on any atom is 0.422 e. The first-order chi connectivity index (χ1) is 15.7. The molecule has 1 aliphatic heterocycles. The summed E-state index contributed by atoms with van der Waals surface area (Å²) in [5.74, 6) is -0.0203. The van der Waals surface area contributed by atoms with E-state index in [1.165, 1.54) is 0 Å². The Balaban J connectivity index is 1.48. The zero-order valence-corrected chi connectivity index (χ0v) is 18.0. The number of nitriles is 1. The number of aryl methyl sites for hydroxylation is 1. The van der Waals surface area contributed by atoms with Gasteiger partial charge in [0.05, 0.1) is 17.3 Å². The van der Waals surface area contributed by atoms with Crippen molar-refractivity contribution in [3.8, 4) is 23.2 Å². The van der Waals surface area contributed by atoms with Crippen LogP contribution < -0.4 is 4.74 Å². The number of H-pyrrole nitrogens is 1. The summed E-state index contributed by atoms with van der Waals surface area (Å²) >= 11 is 0. The molecule has 0 saturated carbocycles. The lowest BCUT2D eigenvalue weighted by molar-refractivity contribution is -0.154. The number of aromatic nitrogens is 2. The summed E-state index contributed by atoms with van der Waals surface area (Å²) in [6.07, 6.45) is -4.46. The van der Waals surface area contributed by atoms with E-state index in [9.17, 15) is 18.0 Å². The van der Waals surface area contributed by atoms with Gasteiger partial charge in [0, 0.05) is 35.7 Å². The molecule has 3 aromatic rings. The molecule has 1 N–H and O–H groups in total. The summed E-state index contributed by atoms with van der Waals surface area (Å²) < 4.78 is 42.2. The van der Waals surface area contributed by atoms with Crippen molar-refractivity contribution in [2.75, 3.05) is 19.7 Å². The molecule has 2 heterocycles. The van der Waals surface area contributed by atoms with Crippen LogP contribution in [-0.2, 0) is 0 Å². The van der Waals surface area contributed by atoms with Crippen LogP contribution in [-0.4, -0.2) is 46.9 Å². The highest BCUT2D eigenvalue weighted by atomic mass is 19.4.